The van der Waals surface area contributed by atoms with E-state index in [0.717, 1.165) is 48.3 Å². The molecule has 32 heavy (non-hydrogen) atoms. The number of anilines is 2. The number of pyridine rings is 1. The van der Waals surface area contributed by atoms with E-state index >= 15 is 0 Å². The van der Waals surface area contributed by atoms with Gasteiger partial charge in [0.2, 0.25) is 5.95 Å². The summed E-state index contributed by atoms with van der Waals surface area (Å²) in [4.78, 5) is 13.8. The number of nitrogens with one attached hydrogen (secondary N) is 2. The standard InChI is InChI=1S/C24H33N5O3/c1-5-6-7-12-24(2,16-30)29-22-21-19(9-8-13-25-21)27-23(28-22)26-15-17-10-11-18(31-3)14-20(17)32-4/h8-11,13-14,30H,5-7,12,15-16H2,1-4H3,(H2,26,27,28,29). The van der Waals surface area contributed by atoms with E-state index in [1.807, 2.05) is 37.3 Å². The monoisotopic (exact) mass is 439 g/mol. The third-order valence-corrected chi connectivity index (χ3v) is 5.49. The van der Waals surface area contributed by atoms with Crippen molar-refractivity contribution >= 4 is 22.8 Å². The van der Waals surface area contributed by atoms with Crippen LogP contribution in [0, 0.1) is 0 Å². The number of hydrogen-bond donors (Lipinski definition) is 3. The molecule has 0 aliphatic heterocycles. The first-order valence-electron chi connectivity index (χ1n) is 11.0. The van der Waals surface area contributed by atoms with Gasteiger partial charge in [0.15, 0.2) is 5.82 Å². The fourth-order valence-corrected chi connectivity index (χ4v) is 3.54. The topological polar surface area (TPSA) is 101 Å². The zero-order valence-electron chi connectivity index (χ0n) is 19.3. The molecule has 1 atom stereocenters. The molecule has 3 aromatic rings. The lowest BCUT2D eigenvalue weighted by Gasteiger charge is -2.30. The first-order valence-corrected chi connectivity index (χ1v) is 11.0. The van der Waals surface area contributed by atoms with Crippen LogP contribution < -0.4 is 20.1 Å². The second-order valence-corrected chi connectivity index (χ2v) is 8.10. The number of unbranched alkanes of at least 4 members (excludes halogenated alkanes) is 2. The second kappa shape index (κ2) is 10.9. The lowest BCUT2D eigenvalue weighted by atomic mass is 9.95. The van der Waals surface area contributed by atoms with E-state index in [2.05, 4.69) is 27.5 Å². The number of rotatable bonds is 12. The van der Waals surface area contributed by atoms with Gasteiger partial charge in [-0.2, -0.15) is 4.98 Å². The minimum atomic E-state index is -0.496. The van der Waals surface area contributed by atoms with Gasteiger partial charge in [0.1, 0.15) is 17.0 Å². The van der Waals surface area contributed by atoms with Gasteiger partial charge in [0.25, 0.3) is 0 Å². The van der Waals surface area contributed by atoms with Crippen molar-refractivity contribution in [2.75, 3.05) is 31.5 Å². The van der Waals surface area contributed by atoms with Gasteiger partial charge in [-0.25, -0.2) is 4.98 Å². The van der Waals surface area contributed by atoms with Crippen molar-refractivity contribution < 1.29 is 14.6 Å². The third-order valence-electron chi connectivity index (χ3n) is 5.49. The Bertz CT molecular complexity index is 1030. The van der Waals surface area contributed by atoms with Gasteiger partial charge in [-0.3, -0.25) is 4.98 Å². The number of ether oxygens (including phenoxy) is 2. The normalized spacial score (nSPS) is 12.9. The van der Waals surface area contributed by atoms with E-state index in [0.29, 0.717) is 23.8 Å². The van der Waals surface area contributed by atoms with Crippen LogP contribution in [0.25, 0.3) is 11.0 Å². The number of nitrogens with zero attached hydrogens (tertiary/aromatic N) is 3. The Morgan fingerprint density at radius 1 is 1.09 bits per heavy atom. The van der Waals surface area contributed by atoms with Crippen molar-refractivity contribution in [2.24, 2.45) is 0 Å². The van der Waals surface area contributed by atoms with Crippen molar-refractivity contribution in [3.05, 3.63) is 42.1 Å². The van der Waals surface area contributed by atoms with Crippen LogP contribution in [-0.2, 0) is 6.54 Å². The molecule has 3 N–H and O–H groups in total. The maximum atomic E-state index is 10.1. The van der Waals surface area contributed by atoms with Gasteiger partial charge in [-0.05, 0) is 37.6 Å². The average molecular weight is 440 g/mol. The van der Waals surface area contributed by atoms with Gasteiger partial charge < -0.3 is 25.2 Å². The molecule has 0 saturated heterocycles. The van der Waals surface area contributed by atoms with Crippen molar-refractivity contribution in [3.63, 3.8) is 0 Å². The predicted molar refractivity (Wildman–Crippen MR) is 127 cm³/mol. The van der Waals surface area contributed by atoms with Crippen molar-refractivity contribution in [1.29, 1.82) is 0 Å². The Hall–Kier alpha value is -3.13. The Morgan fingerprint density at radius 3 is 2.66 bits per heavy atom. The molecule has 3 rings (SSSR count). The fourth-order valence-electron chi connectivity index (χ4n) is 3.54. The largest absolute Gasteiger partial charge is 0.497 e. The molecule has 2 heterocycles. The molecular formula is C24H33N5O3. The zero-order valence-corrected chi connectivity index (χ0v) is 19.3. The number of aliphatic hydroxyl groups is 1. The predicted octanol–water partition coefficient (Wildman–Crippen LogP) is 4.40. The minimum absolute atomic E-state index is 0.000846. The van der Waals surface area contributed by atoms with Crippen LogP contribution in [0.4, 0.5) is 11.8 Å². The SMILES string of the molecule is CCCCCC(C)(CO)Nc1nc(NCc2ccc(OC)cc2OC)nc2cccnc12. The highest BCUT2D eigenvalue weighted by atomic mass is 16.5. The molecule has 0 amide bonds. The quantitative estimate of drug-likeness (QED) is 0.357. The van der Waals surface area contributed by atoms with E-state index in [-0.39, 0.29) is 6.61 Å². The summed E-state index contributed by atoms with van der Waals surface area (Å²) in [6.07, 6.45) is 5.83. The van der Waals surface area contributed by atoms with Crippen LogP contribution in [0.5, 0.6) is 11.5 Å². The van der Waals surface area contributed by atoms with E-state index in [1.165, 1.54) is 0 Å². The highest BCUT2D eigenvalue weighted by Crippen LogP contribution is 2.28. The lowest BCUT2D eigenvalue weighted by molar-refractivity contribution is 0.211. The molecule has 0 saturated carbocycles. The highest BCUT2D eigenvalue weighted by Gasteiger charge is 2.25. The van der Waals surface area contributed by atoms with Gasteiger partial charge in [-0.15, -0.1) is 0 Å². The Balaban J connectivity index is 1.86. The molecule has 8 nitrogen and oxygen atoms in total. The van der Waals surface area contributed by atoms with Crippen LogP contribution in [0.2, 0.25) is 0 Å². The van der Waals surface area contributed by atoms with Crippen molar-refractivity contribution in [1.82, 2.24) is 15.0 Å². The molecule has 0 aliphatic rings. The van der Waals surface area contributed by atoms with Gasteiger partial charge in [0.05, 0.1) is 31.9 Å². The van der Waals surface area contributed by atoms with Gasteiger partial charge in [0, 0.05) is 24.4 Å². The maximum absolute atomic E-state index is 10.1. The summed E-state index contributed by atoms with van der Waals surface area (Å²) in [5.41, 5.74) is 1.86. The number of methoxy groups -OCH3 is 2. The van der Waals surface area contributed by atoms with Crippen LogP contribution in [-0.4, -0.2) is 46.4 Å². The molecule has 2 aromatic heterocycles. The Kier molecular flexibility index (Phi) is 8.05. The van der Waals surface area contributed by atoms with Crippen molar-refractivity contribution in [2.45, 2.75) is 51.6 Å². The smallest absolute Gasteiger partial charge is 0.225 e. The number of hydrogen-bond acceptors (Lipinski definition) is 8. The van der Waals surface area contributed by atoms with Crippen LogP contribution in [0.3, 0.4) is 0 Å². The molecule has 1 aromatic carbocycles. The van der Waals surface area contributed by atoms with Gasteiger partial charge in [-0.1, -0.05) is 26.2 Å². The molecular weight excluding hydrogens is 406 g/mol. The first-order chi connectivity index (χ1) is 15.5. The fraction of sp³-hybridized carbons (Fsp3) is 0.458. The van der Waals surface area contributed by atoms with Crippen LogP contribution in [0.1, 0.15) is 45.1 Å². The second-order valence-electron chi connectivity index (χ2n) is 8.10. The number of benzene rings is 1. The number of aromatic nitrogens is 3. The molecule has 0 bridgehead atoms. The summed E-state index contributed by atoms with van der Waals surface area (Å²) in [5.74, 6) is 2.53. The number of aliphatic hydroxyl groups excluding tert-OH is 1. The summed E-state index contributed by atoms with van der Waals surface area (Å²) in [6.45, 7) is 4.66. The van der Waals surface area contributed by atoms with Gasteiger partial charge >= 0.3 is 0 Å². The molecule has 8 heteroatoms. The third kappa shape index (κ3) is 5.76. The summed E-state index contributed by atoms with van der Waals surface area (Å²) < 4.78 is 10.8. The van der Waals surface area contributed by atoms with E-state index < -0.39 is 5.54 Å². The van der Waals surface area contributed by atoms with Crippen LogP contribution >= 0.6 is 0 Å². The van der Waals surface area contributed by atoms with E-state index in [1.54, 1.807) is 20.4 Å². The maximum Gasteiger partial charge on any atom is 0.225 e. The first kappa shape index (κ1) is 23.5. The highest BCUT2D eigenvalue weighted by molar-refractivity contribution is 5.86. The van der Waals surface area contributed by atoms with E-state index in [4.69, 9.17) is 14.5 Å². The molecule has 172 valence electrons. The lowest BCUT2D eigenvalue weighted by Crippen LogP contribution is -2.39. The van der Waals surface area contributed by atoms with Crippen LogP contribution in [0.15, 0.2) is 36.5 Å². The summed E-state index contributed by atoms with van der Waals surface area (Å²) in [6, 6.07) is 9.44. The number of fused-ring (bicyclic) bond motifs is 1. The summed E-state index contributed by atoms with van der Waals surface area (Å²) >= 11 is 0. The van der Waals surface area contributed by atoms with E-state index in [9.17, 15) is 5.11 Å². The molecule has 1 unspecified atom stereocenters. The average Bonchev–Trinajstić information content (AvgIpc) is 2.82. The van der Waals surface area contributed by atoms with Crippen molar-refractivity contribution in [3.8, 4) is 11.5 Å². The summed E-state index contributed by atoms with van der Waals surface area (Å²) in [5, 5.41) is 16.8. The molecule has 0 radical (unpaired) electrons. The minimum Gasteiger partial charge on any atom is -0.497 e. The molecule has 0 aliphatic carbocycles. The zero-order chi connectivity index (χ0) is 23.0. The Morgan fingerprint density at radius 2 is 1.94 bits per heavy atom. The Labute approximate surface area is 189 Å². The molecule has 0 fully saturated rings. The summed E-state index contributed by atoms with van der Waals surface area (Å²) in [7, 11) is 3.26. The molecule has 0 spiro atoms.